The van der Waals surface area contributed by atoms with Crippen LogP contribution in [0.4, 0.5) is 34.4 Å². The summed E-state index contributed by atoms with van der Waals surface area (Å²) in [4.78, 5) is 14.4. The lowest BCUT2D eigenvalue weighted by Crippen LogP contribution is -2.13. The molecule has 0 fully saturated rings. The van der Waals surface area contributed by atoms with Crippen molar-refractivity contribution in [2.45, 2.75) is 0 Å². The van der Waals surface area contributed by atoms with E-state index in [9.17, 15) is 0 Å². The molecule has 0 bridgehead atoms. The maximum Gasteiger partial charge on any atom is 0.137 e. The molecule has 4 heteroatoms. The van der Waals surface area contributed by atoms with E-state index < -0.39 is 0 Å². The highest BCUT2D eigenvalue weighted by atomic mass is 15.2. The van der Waals surface area contributed by atoms with Gasteiger partial charge >= 0.3 is 0 Å². The molecule has 10 rings (SSSR count). The molecular formula is C48H32N4. The molecule has 0 spiro atoms. The maximum atomic E-state index is 4.90. The van der Waals surface area contributed by atoms with E-state index in [1.807, 2.05) is 24.5 Å². The Labute approximate surface area is 301 Å². The first kappa shape index (κ1) is 29.8. The average Bonchev–Trinajstić information content (AvgIpc) is 3.22. The number of nitrogens with zero attached hydrogens (tertiary/aromatic N) is 4. The largest absolute Gasteiger partial charge is 0.294 e. The third kappa shape index (κ3) is 5.00. The summed E-state index contributed by atoms with van der Waals surface area (Å²) < 4.78 is 0. The lowest BCUT2D eigenvalue weighted by Gasteiger charge is -2.29. The van der Waals surface area contributed by atoms with Gasteiger partial charge in [-0.25, -0.2) is 9.97 Å². The number of hydrogen-bond donors (Lipinski definition) is 0. The van der Waals surface area contributed by atoms with Crippen LogP contribution in [0.15, 0.2) is 194 Å². The summed E-state index contributed by atoms with van der Waals surface area (Å²) in [5.41, 5.74) is 4.26. The number of pyridine rings is 2. The number of benzene rings is 8. The van der Waals surface area contributed by atoms with Gasteiger partial charge in [-0.2, -0.15) is 0 Å². The summed E-state index contributed by atoms with van der Waals surface area (Å²) in [6.45, 7) is 0. The van der Waals surface area contributed by atoms with Crippen molar-refractivity contribution in [3.05, 3.63) is 194 Å². The normalized spacial score (nSPS) is 11.5. The molecule has 0 unspecified atom stereocenters. The monoisotopic (exact) mass is 664 g/mol. The first-order valence-corrected chi connectivity index (χ1v) is 17.6. The Morgan fingerprint density at radius 2 is 0.673 bits per heavy atom. The van der Waals surface area contributed by atoms with Gasteiger partial charge in [0.25, 0.3) is 0 Å². The highest BCUT2D eigenvalue weighted by molar-refractivity contribution is 6.24. The first-order valence-electron chi connectivity index (χ1n) is 17.6. The minimum Gasteiger partial charge on any atom is -0.294 e. The van der Waals surface area contributed by atoms with Gasteiger partial charge in [0.2, 0.25) is 0 Å². The predicted molar refractivity (Wildman–Crippen MR) is 219 cm³/mol. The molecule has 0 aliphatic rings. The van der Waals surface area contributed by atoms with Crippen molar-refractivity contribution in [1.29, 1.82) is 0 Å². The molecule has 2 aromatic heterocycles. The zero-order valence-corrected chi connectivity index (χ0v) is 28.3. The van der Waals surface area contributed by atoms with E-state index in [0.29, 0.717) is 0 Å². The molecule has 0 saturated heterocycles. The van der Waals surface area contributed by atoms with Crippen LogP contribution < -0.4 is 9.80 Å². The van der Waals surface area contributed by atoms with Crippen molar-refractivity contribution in [3.63, 3.8) is 0 Å². The van der Waals surface area contributed by atoms with E-state index in [-0.39, 0.29) is 0 Å². The van der Waals surface area contributed by atoms with Crippen LogP contribution in [0.1, 0.15) is 0 Å². The minimum absolute atomic E-state index is 0.862. The summed E-state index contributed by atoms with van der Waals surface area (Å²) in [6, 6.07) is 64.8. The van der Waals surface area contributed by atoms with Gasteiger partial charge in [-0.3, -0.25) is 9.80 Å². The number of aromatic nitrogens is 2. The van der Waals surface area contributed by atoms with E-state index in [4.69, 9.17) is 9.97 Å². The molecular weight excluding hydrogens is 633 g/mol. The number of anilines is 6. The van der Waals surface area contributed by atoms with E-state index in [1.54, 1.807) is 0 Å². The Kier molecular flexibility index (Phi) is 7.10. The Hall–Kier alpha value is -7.04. The van der Waals surface area contributed by atoms with E-state index >= 15 is 0 Å². The van der Waals surface area contributed by atoms with Crippen LogP contribution in [0.25, 0.3) is 53.9 Å². The fourth-order valence-corrected chi connectivity index (χ4v) is 7.68. The van der Waals surface area contributed by atoms with Crippen molar-refractivity contribution >= 4 is 88.2 Å². The van der Waals surface area contributed by atoms with Crippen LogP contribution in [-0.4, -0.2) is 9.97 Å². The summed E-state index contributed by atoms with van der Waals surface area (Å²) in [6.07, 6.45) is 3.74. The fourth-order valence-electron chi connectivity index (χ4n) is 7.68. The van der Waals surface area contributed by atoms with Crippen LogP contribution >= 0.6 is 0 Å². The van der Waals surface area contributed by atoms with Crippen molar-refractivity contribution in [3.8, 4) is 0 Å². The van der Waals surface area contributed by atoms with Gasteiger partial charge in [0.1, 0.15) is 11.6 Å². The smallest absolute Gasteiger partial charge is 0.137 e. The molecule has 0 amide bonds. The summed E-state index contributed by atoms with van der Waals surface area (Å²) in [5, 5.41) is 11.8. The van der Waals surface area contributed by atoms with Crippen LogP contribution in [0.3, 0.4) is 0 Å². The molecule has 2 heterocycles. The van der Waals surface area contributed by atoms with Crippen molar-refractivity contribution < 1.29 is 0 Å². The second-order valence-electron chi connectivity index (χ2n) is 13.1. The predicted octanol–water partition coefficient (Wildman–Crippen LogP) is 13.2. The molecule has 0 N–H and O–H groups in total. The van der Waals surface area contributed by atoms with Crippen LogP contribution in [0.5, 0.6) is 0 Å². The molecule has 4 nitrogen and oxygen atoms in total. The van der Waals surface area contributed by atoms with Gasteiger partial charge in [0, 0.05) is 34.5 Å². The van der Waals surface area contributed by atoms with Gasteiger partial charge in [0.15, 0.2) is 0 Å². The zero-order valence-electron chi connectivity index (χ0n) is 28.3. The van der Waals surface area contributed by atoms with Crippen LogP contribution in [0.2, 0.25) is 0 Å². The third-order valence-electron chi connectivity index (χ3n) is 10.1. The Morgan fingerprint density at radius 1 is 0.288 bits per heavy atom. The Morgan fingerprint density at radius 3 is 1.10 bits per heavy atom. The lowest BCUT2D eigenvalue weighted by molar-refractivity contribution is 1.19. The first-order chi connectivity index (χ1) is 25.8. The number of fused-ring (bicyclic) bond motifs is 7. The van der Waals surface area contributed by atoms with E-state index in [1.165, 1.54) is 43.1 Å². The minimum atomic E-state index is 0.862. The van der Waals surface area contributed by atoms with E-state index in [0.717, 1.165) is 45.2 Å². The summed E-state index contributed by atoms with van der Waals surface area (Å²) in [5.74, 6) is 1.72. The molecule has 0 aliphatic carbocycles. The lowest BCUT2D eigenvalue weighted by atomic mass is 9.93. The highest BCUT2D eigenvalue weighted by Gasteiger charge is 2.23. The standard InChI is InChI=1S/C48H32N4/c1-3-15-35-29-37(25-23-33(35)13-1)51(47-21-9-11-27-49-47)45-31-43-40-18-6-8-20-42(40)46(32-44(43)39-17-5-7-19-41(39)45)52(48-22-10-12-28-50-48)38-26-24-34-14-2-4-16-36(34)30-38/h1-32H. The molecule has 0 atom stereocenters. The van der Waals surface area contributed by atoms with Gasteiger partial charge in [-0.15, -0.1) is 0 Å². The van der Waals surface area contributed by atoms with E-state index in [2.05, 4.69) is 180 Å². The number of rotatable bonds is 6. The van der Waals surface area contributed by atoms with Crippen LogP contribution in [-0.2, 0) is 0 Å². The second-order valence-corrected chi connectivity index (χ2v) is 13.1. The molecule has 8 aromatic carbocycles. The topological polar surface area (TPSA) is 32.3 Å². The SMILES string of the molecule is c1ccc(N(c2ccc3ccccc3c2)c2cc3c4ccccc4c(N(c4ccc5ccccc5c4)c4ccccn4)cc3c3ccccc23)nc1. The summed E-state index contributed by atoms with van der Waals surface area (Å²) in [7, 11) is 0. The Bertz CT molecular complexity index is 2720. The van der Waals surface area contributed by atoms with Gasteiger partial charge in [-0.05, 0) is 104 Å². The molecule has 0 radical (unpaired) electrons. The highest BCUT2D eigenvalue weighted by Crippen LogP contribution is 2.47. The van der Waals surface area contributed by atoms with Gasteiger partial charge in [0.05, 0.1) is 11.4 Å². The van der Waals surface area contributed by atoms with Gasteiger partial charge in [-0.1, -0.05) is 121 Å². The average molecular weight is 665 g/mol. The zero-order chi connectivity index (χ0) is 34.4. The summed E-state index contributed by atoms with van der Waals surface area (Å²) >= 11 is 0. The second kappa shape index (κ2) is 12.4. The Balaban J connectivity index is 1.28. The maximum absolute atomic E-state index is 4.90. The molecule has 52 heavy (non-hydrogen) atoms. The molecule has 0 saturated carbocycles. The van der Waals surface area contributed by atoms with Crippen molar-refractivity contribution in [1.82, 2.24) is 9.97 Å². The molecule has 0 aliphatic heterocycles. The van der Waals surface area contributed by atoms with Crippen molar-refractivity contribution in [2.24, 2.45) is 0 Å². The molecule has 244 valence electrons. The number of hydrogen-bond acceptors (Lipinski definition) is 4. The molecule has 10 aromatic rings. The van der Waals surface area contributed by atoms with Crippen molar-refractivity contribution in [2.75, 3.05) is 9.80 Å². The van der Waals surface area contributed by atoms with Gasteiger partial charge < -0.3 is 0 Å². The third-order valence-corrected chi connectivity index (χ3v) is 10.1. The van der Waals surface area contributed by atoms with Crippen LogP contribution in [0, 0.1) is 0 Å². The quantitative estimate of drug-likeness (QED) is 0.166. The fraction of sp³-hybridized carbons (Fsp3) is 0.